The van der Waals surface area contributed by atoms with E-state index in [1.165, 1.54) is 37.9 Å². The lowest BCUT2D eigenvalue weighted by Gasteiger charge is -2.46. The summed E-state index contributed by atoms with van der Waals surface area (Å²) in [5.74, 6) is 1.78. The highest BCUT2D eigenvalue weighted by Gasteiger charge is 2.36. The first-order valence-electron chi connectivity index (χ1n) is 10.1. The number of rotatable bonds is 7. The van der Waals surface area contributed by atoms with Crippen LogP contribution in [0.1, 0.15) is 44.1 Å². The molecule has 3 aliphatic rings. The van der Waals surface area contributed by atoms with Crippen LogP contribution >= 0.6 is 24.8 Å². The normalized spacial score (nSPS) is 27.2. The van der Waals surface area contributed by atoms with E-state index in [0.29, 0.717) is 18.5 Å². The van der Waals surface area contributed by atoms with E-state index in [1.54, 1.807) is 0 Å². The van der Waals surface area contributed by atoms with Gasteiger partial charge in [0.2, 0.25) is 5.91 Å². The van der Waals surface area contributed by atoms with Crippen molar-refractivity contribution in [2.24, 2.45) is 11.8 Å². The lowest BCUT2D eigenvalue weighted by atomic mass is 9.79. The van der Waals surface area contributed by atoms with Crippen LogP contribution in [0.15, 0.2) is 30.3 Å². The van der Waals surface area contributed by atoms with Crippen LogP contribution in [0.4, 0.5) is 0 Å². The molecule has 1 amide bonds. The zero-order chi connectivity index (χ0) is 17.1. The first-order chi connectivity index (χ1) is 12.3. The molecule has 2 bridgehead atoms. The van der Waals surface area contributed by atoms with Gasteiger partial charge in [0.1, 0.15) is 0 Å². The molecule has 1 saturated carbocycles. The number of fused-ring (bicyclic) bond motifs is 2. The number of nitrogens with zero attached hydrogens (tertiary/aromatic N) is 1. The van der Waals surface area contributed by atoms with Crippen LogP contribution in [0.25, 0.3) is 0 Å². The molecule has 1 aromatic rings. The highest BCUT2D eigenvalue weighted by Crippen LogP contribution is 2.31. The minimum absolute atomic E-state index is 0. The predicted molar refractivity (Wildman–Crippen MR) is 115 cm³/mol. The van der Waals surface area contributed by atoms with E-state index >= 15 is 0 Å². The molecule has 27 heavy (non-hydrogen) atoms. The molecule has 4 rings (SSSR count). The number of hydrogen-bond donors (Lipinski definition) is 2. The smallest absolute Gasteiger partial charge is 0.220 e. The van der Waals surface area contributed by atoms with Crippen LogP contribution in [0.3, 0.4) is 0 Å². The van der Waals surface area contributed by atoms with E-state index in [-0.39, 0.29) is 30.7 Å². The zero-order valence-electron chi connectivity index (χ0n) is 15.9. The Bertz CT molecular complexity index is 582. The van der Waals surface area contributed by atoms with Gasteiger partial charge in [0.25, 0.3) is 0 Å². The molecule has 0 spiro atoms. The molecule has 2 saturated heterocycles. The van der Waals surface area contributed by atoms with Crippen LogP contribution in [0.5, 0.6) is 0 Å². The molecule has 0 radical (unpaired) electrons. The Kier molecular flexibility index (Phi) is 8.87. The third-order valence-electron chi connectivity index (χ3n) is 5.99. The summed E-state index contributed by atoms with van der Waals surface area (Å²) >= 11 is 0. The van der Waals surface area contributed by atoms with Gasteiger partial charge in [0.05, 0.1) is 0 Å². The minimum Gasteiger partial charge on any atom is -0.353 e. The average molecular weight is 414 g/mol. The maximum atomic E-state index is 11.9. The molecule has 2 aliphatic heterocycles. The molecule has 3 atom stereocenters. The topological polar surface area (TPSA) is 44.4 Å². The van der Waals surface area contributed by atoms with E-state index in [0.717, 1.165) is 37.8 Å². The van der Waals surface area contributed by atoms with Crippen LogP contribution < -0.4 is 10.6 Å². The Labute approximate surface area is 175 Å². The molecule has 0 aromatic heterocycles. The molecule has 2 heterocycles. The maximum absolute atomic E-state index is 11.9. The molecule has 3 fully saturated rings. The Morgan fingerprint density at radius 3 is 2.67 bits per heavy atom. The first kappa shape index (κ1) is 22.5. The van der Waals surface area contributed by atoms with Crippen molar-refractivity contribution in [3.05, 3.63) is 35.9 Å². The van der Waals surface area contributed by atoms with Crippen molar-refractivity contribution >= 4 is 30.7 Å². The molecule has 0 unspecified atom stereocenters. The van der Waals surface area contributed by atoms with E-state index in [9.17, 15) is 4.79 Å². The molecule has 2 N–H and O–H groups in total. The molecule has 152 valence electrons. The zero-order valence-corrected chi connectivity index (χ0v) is 17.6. The van der Waals surface area contributed by atoms with Gasteiger partial charge in [-0.05, 0) is 56.0 Å². The highest BCUT2D eigenvalue weighted by atomic mass is 35.5. The third-order valence-corrected chi connectivity index (χ3v) is 5.99. The lowest BCUT2D eigenvalue weighted by molar-refractivity contribution is -0.121. The highest BCUT2D eigenvalue weighted by molar-refractivity contribution is 5.85. The Morgan fingerprint density at radius 2 is 1.93 bits per heavy atom. The molecule has 1 aromatic carbocycles. The molecule has 1 aliphatic carbocycles. The predicted octanol–water partition coefficient (Wildman–Crippen LogP) is 3.39. The molecular formula is C21H33Cl2N3O. The number of nitrogens with one attached hydrogen (secondary N) is 2. The van der Waals surface area contributed by atoms with E-state index in [4.69, 9.17) is 0 Å². The summed E-state index contributed by atoms with van der Waals surface area (Å²) in [5.41, 5.74) is 1.42. The number of benzene rings is 1. The Hall–Kier alpha value is -0.810. The number of carbonyl (C=O) groups is 1. The number of likely N-dealkylation sites (tertiary alicyclic amines) is 1. The largest absolute Gasteiger partial charge is 0.353 e. The Balaban J connectivity index is 0.00000131. The van der Waals surface area contributed by atoms with Gasteiger partial charge in [0.15, 0.2) is 0 Å². The van der Waals surface area contributed by atoms with Crippen LogP contribution in [0, 0.1) is 11.8 Å². The van der Waals surface area contributed by atoms with Gasteiger partial charge in [-0.3, -0.25) is 9.69 Å². The van der Waals surface area contributed by atoms with Gasteiger partial charge in [-0.2, -0.15) is 0 Å². The SMILES string of the molecule is Cl.Cl.O=C(CCC[C@H]1NC[C@@H]2C[C@H]1CN(Cc1ccccc1)C2)NC1CC1. The molecule has 6 heteroatoms. The van der Waals surface area contributed by atoms with Crippen LogP contribution in [-0.4, -0.2) is 42.5 Å². The second-order valence-electron chi connectivity index (χ2n) is 8.29. The second kappa shape index (κ2) is 10.7. The maximum Gasteiger partial charge on any atom is 0.220 e. The van der Waals surface area contributed by atoms with E-state index in [1.807, 2.05) is 0 Å². The van der Waals surface area contributed by atoms with Crippen molar-refractivity contribution in [2.75, 3.05) is 19.6 Å². The van der Waals surface area contributed by atoms with Crippen LogP contribution in [0.2, 0.25) is 0 Å². The van der Waals surface area contributed by atoms with Crippen molar-refractivity contribution in [2.45, 2.75) is 57.2 Å². The number of piperidine rings is 2. The fourth-order valence-electron chi connectivity index (χ4n) is 4.59. The lowest BCUT2D eigenvalue weighted by Crippen LogP contribution is -2.55. The van der Waals surface area contributed by atoms with Crippen LogP contribution in [-0.2, 0) is 11.3 Å². The van der Waals surface area contributed by atoms with Crippen molar-refractivity contribution in [3.8, 4) is 0 Å². The summed E-state index contributed by atoms with van der Waals surface area (Å²) in [6.45, 7) is 4.62. The first-order valence-corrected chi connectivity index (χ1v) is 10.1. The Morgan fingerprint density at radius 1 is 1.15 bits per heavy atom. The van der Waals surface area contributed by atoms with Gasteiger partial charge in [0, 0.05) is 38.1 Å². The van der Waals surface area contributed by atoms with Gasteiger partial charge in [-0.1, -0.05) is 30.3 Å². The van der Waals surface area contributed by atoms with Gasteiger partial charge in [-0.15, -0.1) is 24.8 Å². The standard InChI is InChI=1S/C21H31N3O.2ClH/c25-21(23-19-9-10-19)8-4-7-20-18-11-17(12-22-20)14-24(15-18)13-16-5-2-1-3-6-16;;/h1-3,5-6,17-20,22H,4,7-15H2,(H,23,25);2*1H/t17-,18-,20+;;/m0../s1. The fourth-order valence-corrected chi connectivity index (χ4v) is 4.59. The summed E-state index contributed by atoms with van der Waals surface area (Å²) < 4.78 is 0. The fraction of sp³-hybridized carbons (Fsp3) is 0.667. The number of amides is 1. The van der Waals surface area contributed by atoms with Gasteiger partial charge < -0.3 is 10.6 Å². The summed E-state index contributed by atoms with van der Waals surface area (Å²) in [6, 6.07) is 11.9. The minimum atomic E-state index is 0. The van der Waals surface area contributed by atoms with Crippen molar-refractivity contribution in [1.82, 2.24) is 15.5 Å². The van der Waals surface area contributed by atoms with E-state index in [2.05, 4.69) is 45.9 Å². The monoisotopic (exact) mass is 413 g/mol. The number of carbonyl (C=O) groups excluding carboxylic acids is 1. The number of halogens is 2. The summed E-state index contributed by atoms with van der Waals surface area (Å²) in [5, 5.41) is 6.88. The summed E-state index contributed by atoms with van der Waals surface area (Å²) in [6.07, 6.45) is 6.55. The van der Waals surface area contributed by atoms with Crippen molar-refractivity contribution in [3.63, 3.8) is 0 Å². The molecular weight excluding hydrogens is 381 g/mol. The second-order valence-corrected chi connectivity index (χ2v) is 8.29. The third kappa shape index (κ3) is 6.63. The van der Waals surface area contributed by atoms with Crippen molar-refractivity contribution < 1.29 is 4.79 Å². The average Bonchev–Trinajstić information content (AvgIpc) is 3.42. The quantitative estimate of drug-likeness (QED) is 0.719. The number of hydrogen-bond acceptors (Lipinski definition) is 3. The van der Waals surface area contributed by atoms with Gasteiger partial charge >= 0.3 is 0 Å². The van der Waals surface area contributed by atoms with E-state index < -0.39 is 0 Å². The summed E-state index contributed by atoms with van der Waals surface area (Å²) in [7, 11) is 0. The van der Waals surface area contributed by atoms with Crippen molar-refractivity contribution in [1.29, 1.82) is 0 Å². The molecule has 4 nitrogen and oxygen atoms in total. The van der Waals surface area contributed by atoms with Gasteiger partial charge in [-0.25, -0.2) is 0 Å². The summed E-state index contributed by atoms with van der Waals surface area (Å²) in [4.78, 5) is 14.5.